The van der Waals surface area contributed by atoms with Crippen molar-refractivity contribution in [1.82, 2.24) is 9.88 Å². The molecule has 10 heteroatoms. The third kappa shape index (κ3) is 5.50. The van der Waals surface area contributed by atoms with E-state index in [0.29, 0.717) is 0 Å². The van der Waals surface area contributed by atoms with Crippen molar-refractivity contribution in [3.05, 3.63) is 28.7 Å². The van der Waals surface area contributed by atoms with E-state index in [-0.39, 0.29) is 18.0 Å². The highest BCUT2D eigenvalue weighted by molar-refractivity contribution is 5.93. The lowest BCUT2D eigenvalue weighted by Gasteiger charge is -2.20. The Balaban J connectivity index is 3.02. The summed E-state index contributed by atoms with van der Waals surface area (Å²) in [5, 5.41) is 13.3. The van der Waals surface area contributed by atoms with Gasteiger partial charge in [-0.15, -0.1) is 0 Å². The molecule has 2 unspecified atom stereocenters. The van der Waals surface area contributed by atoms with Crippen LogP contribution in [0.15, 0.2) is 23.1 Å². The Morgan fingerprint density at radius 1 is 1.31 bits per heavy atom. The number of aromatic nitrogens is 1. The molecule has 0 saturated carbocycles. The van der Waals surface area contributed by atoms with Gasteiger partial charge in [0, 0.05) is 12.6 Å². The molecule has 3 N–H and O–H groups in total. The molecule has 1 rings (SSSR count). The third-order valence-corrected chi connectivity index (χ3v) is 3.58. The minimum Gasteiger partial charge on any atom is -0.481 e. The summed E-state index contributed by atoms with van der Waals surface area (Å²) in [5.74, 6) is -3.68. The van der Waals surface area contributed by atoms with Crippen LogP contribution in [-0.4, -0.2) is 46.0 Å². The lowest BCUT2D eigenvalue weighted by Crippen LogP contribution is -2.46. The predicted molar refractivity (Wildman–Crippen MR) is 89.5 cm³/mol. The third-order valence-electron chi connectivity index (χ3n) is 3.58. The van der Waals surface area contributed by atoms with Crippen LogP contribution in [-0.2, 0) is 19.2 Å². The molecule has 0 aromatic carbocycles. The molecule has 0 spiro atoms. The largest absolute Gasteiger partial charge is 0.481 e. The second kappa shape index (κ2) is 9.44. The number of nitrogens with one attached hydrogen (secondary N) is 2. The molecule has 2 atom stereocenters. The van der Waals surface area contributed by atoms with Gasteiger partial charge in [0.15, 0.2) is 5.78 Å². The molecule has 0 bridgehead atoms. The van der Waals surface area contributed by atoms with Crippen LogP contribution in [0.25, 0.3) is 0 Å². The Labute approximate surface area is 148 Å². The summed E-state index contributed by atoms with van der Waals surface area (Å²) in [4.78, 5) is 58.3. The first-order valence-electron chi connectivity index (χ1n) is 7.83. The molecule has 0 aliphatic rings. The highest BCUT2D eigenvalue weighted by atomic mass is 19.1. The number of carbonyl (C=O) groups is 4. The fourth-order valence-corrected chi connectivity index (χ4v) is 2.08. The van der Waals surface area contributed by atoms with E-state index in [2.05, 4.69) is 10.6 Å². The van der Waals surface area contributed by atoms with E-state index in [9.17, 15) is 28.4 Å². The smallest absolute Gasteiger partial charge is 0.305 e. The van der Waals surface area contributed by atoms with Crippen LogP contribution in [0.4, 0.5) is 10.1 Å². The number of nitrogens with zero attached hydrogens (tertiary/aromatic N) is 1. The Morgan fingerprint density at radius 2 is 1.96 bits per heavy atom. The summed E-state index contributed by atoms with van der Waals surface area (Å²) in [6.45, 7) is 1.53. The van der Waals surface area contributed by atoms with E-state index < -0.39 is 48.4 Å². The zero-order valence-electron chi connectivity index (χ0n) is 14.3. The van der Waals surface area contributed by atoms with Crippen molar-refractivity contribution in [2.75, 3.05) is 12.0 Å². The number of rotatable bonds is 9. The first-order valence-corrected chi connectivity index (χ1v) is 7.83. The predicted octanol–water partition coefficient (Wildman–Crippen LogP) is 0.256. The molecule has 0 radical (unpaired) electrons. The number of hydrogen-bond acceptors (Lipinski definition) is 5. The summed E-state index contributed by atoms with van der Waals surface area (Å²) in [6, 6.07) is 0.158. The number of aliphatic carboxylic acids is 1. The molecule has 1 aromatic rings. The second-order valence-electron chi connectivity index (χ2n) is 5.47. The van der Waals surface area contributed by atoms with Crippen molar-refractivity contribution in [1.29, 1.82) is 0 Å². The zero-order valence-corrected chi connectivity index (χ0v) is 14.3. The van der Waals surface area contributed by atoms with Crippen LogP contribution < -0.4 is 16.2 Å². The van der Waals surface area contributed by atoms with Gasteiger partial charge in [-0.1, -0.05) is 6.92 Å². The fraction of sp³-hybridized carbons (Fsp3) is 0.438. The van der Waals surface area contributed by atoms with Crippen molar-refractivity contribution in [3.63, 3.8) is 0 Å². The van der Waals surface area contributed by atoms with Gasteiger partial charge in [0.05, 0.1) is 6.42 Å². The topological polar surface area (TPSA) is 135 Å². The number of anilines is 1. The maximum Gasteiger partial charge on any atom is 0.305 e. The molecule has 9 nitrogen and oxygen atoms in total. The molecule has 0 aliphatic heterocycles. The molecule has 0 aliphatic carbocycles. The number of ketones is 1. The lowest BCUT2D eigenvalue weighted by atomic mass is 10.1. The molecule has 1 heterocycles. The lowest BCUT2D eigenvalue weighted by molar-refractivity contribution is -0.140. The zero-order chi connectivity index (χ0) is 19.9. The molecule has 26 heavy (non-hydrogen) atoms. The van der Waals surface area contributed by atoms with Crippen LogP contribution in [0.2, 0.25) is 0 Å². The SMILES string of the molecule is CCC(=O)Nc1cccn(C(C)C(=O)NC(CC(=O)O)C(=O)CF)c1=O. The maximum absolute atomic E-state index is 12.5. The number of carboxylic acid groups (broad SMARTS) is 1. The van der Waals surface area contributed by atoms with Gasteiger partial charge in [0.2, 0.25) is 11.8 Å². The normalized spacial score (nSPS) is 12.7. The van der Waals surface area contributed by atoms with Crippen LogP contribution in [0.3, 0.4) is 0 Å². The van der Waals surface area contributed by atoms with E-state index >= 15 is 0 Å². The summed E-state index contributed by atoms with van der Waals surface area (Å²) in [5.41, 5.74) is -0.676. The van der Waals surface area contributed by atoms with Gasteiger partial charge in [0.25, 0.3) is 5.56 Å². The minimum atomic E-state index is -1.54. The van der Waals surface area contributed by atoms with Crippen LogP contribution in [0, 0.1) is 0 Å². The van der Waals surface area contributed by atoms with Crippen LogP contribution >= 0.6 is 0 Å². The second-order valence-corrected chi connectivity index (χ2v) is 5.47. The molecule has 142 valence electrons. The van der Waals surface area contributed by atoms with E-state index in [4.69, 9.17) is 5.11 Å². The summed E-state index contributed by atoms with van der Waals surface area (Å²) in [7, 11) is 0. The molecular weight excluding hydrogens is 349 g/mol. The van der Waals surface area contributed by atoms with Crippen molar-refractivity contribution >= 4 is 29.3 Å². The standard InChI is InChI=1S/C16H20FN3O6/c1-3-13(22)18-10-5-4-6-20(16(10)26)9(2)15(25)19-11(7-14(23)24)12(21)8-17/h4-6,9,11H,3,7-8H2,1-2H3,(H,18,22)(H,19,25)(H,23,24). The van der Waals surface area contributed by atoms with Gasteiger partial charge in [-0.25, -0.2) is 4.39 Å². The molecule has 2 amide bonds. The summed E-state index contributed by atoms with van der Waals surface area (Å²) in [6.07, 6.45) is 0.687. The van der Waals surface area contributed by atoms with Crippen molar-refractivity contribution in [3.8, 4) is 0 Å². The van der Waals surface area contributed by atoms with E-state index in [0.717, 1.165) is 4.57 Å². The van der Waals surface area contributed by atoms with Gasteiger partial charge >= 0.3 is 5.97 Å². The van der Waals surface area contributed by atoms with Crippen LogP contribution in [0.5, 0.6) is 0 Å². The van der Waals surface area contributed by atoms with E-state index in [1.165, 1.54) is 25.3 Å². The minimum absolute atomic E-state index is 0.0269. The number of alkyl halides is 1. The number of halogens is 1. The monoisotopic (exact) mass is 369 g/mol. The highest BCUT2D eigenvalue weighted by Crippen LogP contribution is 2.08. The van der Waals surface area contributed by atoms with Gasteiger partial charge in [-0.2, -0.15) is 0 Å². The summed E-state index contributed by atoms with van der Waals surface area (Å²) < 4.78 is 13.6. The Kier molecular flexibility index (Phi) is 7.63. The van der Waals surface area contributed by atoms with Crippen LogP contribution in [0.1, 0.15) is 32.7 Å². The molecule has 1 aromatic heterocycles. The Morgan fingerprint density at radius 3 is 2.50 bits per heavy atom. The molecule has 0 fully saturated rings. The first kappa shape index (κ1) is 21.0. The van der Waals surface area contributed by atoms with Gasteiger partial charge in [-0.05, 0) is 19.1 Å². The van der Waals surface area contributed by atoms with Gasteiger partial charge < -0.3 is 20.3 Å². The molecular formula is C16H20FN3O6. The quantitative estimate of drug-likeness (QED) is 0.571. The molecule has 0 saturated heterocycles. The first-order chi connectivity index (χ1) is 12.2. The van der Waals surface area contributed by atoms with Crippen molar-refractivity contribution in [2.45, 2.75) is 38.8 Å². The summed E-state index contributed by atoms with van der Waals surface area (Å²) >= 11 is 0. The highest BCUT2D eigenvalue weighted by Gasteiger charge is 2.26. The fourth-order valence-electron chi connectivity index (χ4n) is 2.08. The number of amides is 2. The number of carboxylic acids is 1. The van der Waals surface area contributed by atoms with E-state index in [1.54, 1.807) is 6.92 Å². The number of hydrogen-bond donors (Lipinski definition) is 3. The van der Waals surface area contributed by atoms with E-state index in [1.807, 2.05) is 0 Å². The van der Waals surface area contributed by atoms with Crippen molar-refractivity contribution in [2.24, 2.45) is 0 Å². The number of Topliss-reactive ketones (excluding diaryl/α,β-unsaturated/α-hetero) is 1. The van der Waals surface area contributed by atoms with Gasteiger partial charge in [0.1, 0.15) is 24.4 Å². The average molecular weight is 369 g/mol. The Bertz CT molecular complexity index is 761. The van der Waals surface area contributed by atoms with Crippen molar-refractivity contribution < 1.29 is 28.7 Å². The van der Waals surface area contributed by atoms with Gasteiger partial charge in [-0.3, -0.25) is 24.0 Å². The Hall–Kier alpha value is -3.04. The maximum atomic E-state index is 12.5. The average Bonchev–Trinajstić information content (AvgIpc) is 2.60. The number of carbonyl (C=O) groups excluding carboxylic acids is 3. The number of pyridine rings is 1.